The quantitative estimate of drug-likeness (QED) is 0.728. The summed E-state index contributed by atoms with van der Waals surface area (Å²) in [4.78, 5) is 32.3. The average Bonchev–Trinajstić information content (AvgIpc) is 2.64. The SMILES string of the molecule is CC(=O)Nc1ccc(NC(=O)c2cnc(Cc3ccccc3)nc2C)cc1. The molecule has 136 valence electrons. The predicted molar refractivity (Wildman–Crippen MR) is 105 cm³/mol. The van der Waals surface area contributed by atoms with E-state index in [0.717, 1.165) is 5.56 Å². The molecule has 2 aromatic carbocycles. The third-order valence-electron chi connectivity index (χ3n) is 3.94. The highest BCUT2D eigenvalue weighted by molar-refractivity contribution is 6.04. The number of aryl methyl sites for hydroxylation is 1. The number of carbonyl (C=O) groups excluding carboxylic acids is 2. The van der Waals surface area contributed by atoms with Gasteiger partial charge in [-0.25, -0.2) is 9.97 Å². The van der Waals surface area contributed by atoms with E-state index in [4.69, 9.17) is 0 Å². The second kappa shape index (κ2) is 8.23. The lowest BCUT2D eigenvalue weighted by Gasteiger charge is -2.09. The highest BCUT2D eigenvalue weighted by Gasteiger charge is 2.12. The molecule has 1 heterocycles. The molecule has 0 aliphatic heterocycles. The number of aromatic nitrogens is 2. The fourth-order valence-electron chi connectivity index (χ4n) is 2.64. The molecule has 2 N–H and O–H groups in total. The summed E-state index contributed by atoms with van der Waals surface area (Å²) < 4.78 is 0. The predicted octanol–water partition coefficient (Wildman–Crippen LogP) is 3.59. The van der Waals surface area contributed by atoms with Crippen LogP contribution < -0.4 is 10.6 Å². The van der Waals surface area contributed by atoms with E-state index in [1.165, 1.54) is 6.92 Å². The number of nitrogens with one attached hydrogen (secondary N) is 2. The zero-order valence-electron chi connectivity index (χ0n) is 15.2. The number of amides is 2. The van der Waals surface area contributed by atoms with Crippen LogP contribution in [0, 0.1) is 6.92 Å². The Hall–Kier alpha value is -3.54. The van der Waals surface area contributed by atoms with Gasteiger partial charge < -0.3 is 10.6 Å². The van der Waals surface area contributed by atoms with Crippen LogP contribution in [0.4, 0.5) is 11.4 Å². The molecular weight excluding hydrogens is 340 g/mol. The molecule has 0 bridgehead atoms. The Labute approximate surface area is 157 Å². The number of rotatable bonds is 5. The van der Waals surface area contributed by atoms with Crippen molar-refractivity contribution >= 4 is 23.2 Å². The molecule has 6 heteroatoms. The third-order valence-corrected chi connectivity index (χ3v) is 3.94. The van der Waals surface area contributed by atoms with Gasteiger partial charge in [0.25, 0.3) is 5.91 Å². The topological polar surface area (TPSA) is 84.0 Å². The first-order valence-corrected chi connectivity index (χ1v) is 8.57. The fraction of sp³-hybridized carbons (Fsp3) is 0.143. The van der Waals surface area contributed by atoms with Crippen LogP contribution in [0.15, 0.2) is 60.8 Å². The molecule has 0 fully saturated rings. The molecule has 0 radical (unpaired) electrons. The number of nitrogens with zero attached hydrogens (tertiary/aromatic N) is 2. The van der Waals surface area contributed by atoms with Crippen molar-refractivity contribution in [1.82, 2.24) is 9.97 Å². The summed E-state index contributed by atoms with van der Waals surface area (Å²) >= 11 is 0. The maximum atomic E-state index is 12.5. The summed E-state index contributed by atoms with van der Waals surface area (Å²) in [6, 6.07) is 16.8. The molecule has 3 rings (SSSR count). The van der Waals surface area contributed by atoms with Gasteiger partial charge in [0.05, 0.1) is 11.3 Å². The van der Waals surface area contributed by atoms with Crippen molar-refractivity contribution < 1.29 is 9.59 Å². The van der Waals surface area contributed by atoms with Gasteiger partial charge in [-0.15, -0.1) is 0 Å². The Bertz CT molecular complexity index is 954. The molecular formula is C21H20N4O2. The van der Waals surface area contributed by atoms with Gasteiger partial charge >= 0.3 is 0 Å². The van der Waals surface area contributed by atoms with Gasteiger partial charge in [-0.2, -0.15) is 0 Å². The molecule has 0 unspecified atom stereocenters. The van der Waals surface area contributed by atoms with Crippen molar-refractivity contribution in [1.29, 1.82) is 0 Å². The molecule has 0 saturated heterocycles. The minimum atomic E-state index is -0.272. The monoisotopic (exact) mass is 360 g/mol. The number of carbonyl (C=O) groups is 2. The Morgan fingerprint density at radius 1 is 0.926 bits per heavy atom. The Kier molecular flexibility index (Phi) is 5.56. The van der Waals surface area contributed by atoms with E-state index in [-0.39, 0.29) is 11.8 Å². The summed E-state index contributed by atoms with van der Waals surface area (Å²) in [5.41, 5.74) is 3.47. The van der Waals surface area contributed by atoms with Crippen molar-refractivity contribution in [3.05, 3.63) is 83.4 Å². The van der Waals surface area contributed by atoms with E-state index in [1.54, 1.807) is 37.4 Å². The molecule has 1 aromatic heterocycles. The molecule has 27 heavy (non-hydrogen) atoms. The van der Waals surface area contributed by atoms with Crippen LogP contribution in [-0.4, -0.2) is 21.8 Å². The second-order valence-electron chi connectivity index (χ2n) is 6.16. The van der Waals surface area contributed by atoms with Gasteiger partial charge in [0.2, 0.25) is 5.91 Å². The van der Waals surface area contributed by atoms with Crippen LogP contribution in [0.1, 0.15) is 34.4 Å². The molecule has 0 saturated carbocycles. The summed E-state index contributed by atoms with van der Waals surface area (Å²) in [5, 5.41) is 5.50. The third kappa shape index (κ3) is 4.98. The van der Waals surface area contributed by atoms with E-state index < -0.39 is 0 Å². The number of anilines is 2. The smallest absolute Gasteiger partial charge is 0.259 e. The minimum Gasteiger partial charge on any atom is -0.326 e. The van der Waals surface area contributed by atoms with Gasteiger partial charge in [-0.3, -0.25) is 9.59 Å². The van der Waals surface area contributed by atoms with E-state index >= 15 is 0 Å². The number of benzene rings is 2. The van der Waals surface area contributed by atoms with Crippen molar-refractivity contribution in [3.63, 3.8) is 0 Å². The minimum absolute atomic E-state index is 0.143. The van der Waals surface area contributed by atoms with Gasteiger partial charge in [0, 0.05) is 30.9 Å². The first kappa shape index (κ1) is 18.3. The van der Waals surface area contributed by atoms with Crippen molar-refractivity contribution in [3.8, 4) is 0 Å². The zero-order valence-corrected chi connectivity index (χ0v) is 15.2. The number of hydrogen-bond donors (Lipinski definition) is 2. The fourth-order valence-corrected chi connectivity index (χ4v) is 2.64. The van der Waals surface area contributed by atoms with Gasteiger partial charge in [0.15, 0.2) is 0 Å². The lowest BCUT2D eigenvalue weighted by molar-refractivity contribution is -0.114. The molecule has 2 amide bonds. The Morgan fingerprint density at radius 2 is 1.56 bits per heavy atom. The summed E-state index contributed by atoms with van der Waals surface area (Å²) in [6.07, 6.45) is 2.18. The highest BCUT2D eigenvalue weighted by Crippen LogP contribution is 2.16. The van der Waals surface area contributed by atoms with Crippen LogP contribution in [0.3, 0.4) is 0 Å². The summed E-state index contributed by atoms with van der Waals surface area (Å²) in [5.74, 6) is 0.260. The Morgan fingerprint density at radius 3 is 2.15 bits per heavy atom. The molecule has 0 atom stereocenters. The molecule has 6 nitrogen and oxygen atoms in total. The van der Waals surface area contributed by atoms with E-state index in [2.05, 4.69) is 20.6 Å². The maximum absolute atomic E-state index is 12.5. The number of hydrogen-bond acceptors (Lipinski definition) is 4. The van der Waals surface area contributed by atoms with Crippen LogP contribution in [-0.2, 0) is 11.2 Å². The molecule has 3 aromatic rings. The maximum Gasteiger partial charge on any atom is 0.259 e. The van der Waals surface area contributed by atoms with Crippen molar-refractivity contribution in [2.45, 2.75) is 20.3 Å². The Balaban J connectivity index is 1.68. The van der Waals surface area contributed by atoms with Gasteiger partial charge in [-0.1, -0.05) is 30.3 Å². The van der Waals surface area contributed by atoms with E-state index in [0.29, 0.717) is 34.9 Å². The largest absolute Gasteiger partial charge is 0.326 e. The average molecular weight is 360 g/mol. The highest BCUT2D eigenvalue weighted by atomic mass is 16.2. The first-order valence-electron chi connectivity index (χ1n) is 8.57. The zero-order chi connectivity index (χ0) is 19.2. The van der Waals surface area contributed by atoms with Crippen LogP contribution in [0.25, 0.3) is 0 Å². The lowest BCUT2D eigenvalue weighted by Crippen LogP contribution is -2.15. The summed E-state index contributed by atoms with van der Waals surface area (Å²) in [6.45, 7) is 3.24. The normalized spacial score (nSPS) is 10.3. The van der Waals surface area contributed by atoms with Crippen molar-refractivity contribution in [2.75, 3.05) is 10.6 Å². The standard InChI is InChI=1S/C21H20N4O2/c1-14-19(13-22-20(23-14)12-16-6-4-3-5-7-16)21(27)25-18-10-8-17(9-11-18)24-15(2)26/h3-11,13H,12H2,1-2H3,(H,24,26)(H,25,27). The van der Waals surface area contributed by atoms with Crippen LogP contribution >= 0.6 is 0 Å². The van der Waals surface area contributed by atoms with E-state index in [9.17, 15) is 9.59 Å². The van der Waals surface area contributed by atoms with Crippen molar-refractivity contribution in [2.24, 2.45) is 0 Å². The molecule has 0 aliphatic rings. The lowest BCUT2D eigenvalue weighted by atomic mass is 10.1. The van der Waals surface area contributed by atoms with E-state index in [1.807, 2.05) is 30.3 Å². The van der Waals surface area contributed by atoms with Crippen LogP contribution in [0.2, 0.25) is 0 Å². The first-order chi connectivity index (χ1) is 13.0. The van der Waals surface area contributed by atoms with Crippen LogP contribution in [0.5, 0.6) is 0 Å². The van der Waals surface area contributed by atoms with Gasteiger partial charge in [0.1, 0.15) is 5.82 Å². The van der Waals surface area contributed by atoms with Gasteiger partial charge in [-0.05, 0) is 36.8 Å². The second-order valence-corrected chi connectivity index (χ2v) is 6.16. The molecule has 0 aliphatic carbocycles. The molecule has 0 spiro atoms. The summed E-state index contributed by atoms with van der Waals surface area (Å²) in [7, 11) is 0.